The zero-order valence-corrected chi connectivity index (χ0v) is 13.3. The largest absolute Gasteiger partial charge is 0.378 e. The number of hydrogen-bond acceptors (Lipinski definition) is 1. The molecular formula is C18H22ClN. The van der Waals surface area contributed by atoms with Gasteiger partial charge in [0.15, 0.2) is 0 Å². The minimum atomic E-state index is 0.197. The molecule has 0 saturated carbocycles. The van der Waals surface area contributed by atoms with E-state index < -0.39 is 0 Å². The lowest BCUT2D eigenvalue weighted by atomic mass is 9.86. The highest BCUT2D eigenvalue weighted by molar-refractivity contribution is 6.30. The van der Waals surface area contributed by atoms with Crippen molar-refractivity contribution in [2.45, 2.75) is 39.2 Å². The van der Waals surface area contributed by atoms with Gasteiger partial charge in [0.2, 0.25) is 0 Å². The summed E-state index contributed by atoms with van der Waals surface area (Å²) in [5.41, 5.74) is 3.88. The Kier molecular flexibility index (Phi) is 4.39. The van der Waals surface area contributed by atoms with Gasteiger partial charge in [-0.25, -0.2) is 0 Å². The molecule has 0 aromatic heterocycles. The highest BCUT2D eigenvalue weighted by Crippen LogP contribution is 2.26. The highest BCUT2D eigenvalue weighted by atomic mass is 35.5. The Bertz CT molecular complexity index is 567. The molecule has 0 bridgehead atoms. The van der Waals surface area contributed by atoms with Crippen LogP contribution in [0.4, 0.5) is 5.69 Å². The van der Waals surface area contributed by atoms with Crippen LogP contribution in [0.3, 0.4) is 0 Å². The molecule has 2 heteroatoms. The van der Waals surface area contributed by atoms with E-state index in [-0.39, 0.29) is 11.5 Å². The number of halogens is 1. The smallest absolute Gasteiger partial charge is 0.0485 e. The summed E-state index contributed by atoms with van der Waals surface area (Å²) in [6.07, 6.45) is 0. The molecule has 2 aromatic carbocycles. The monoisotopic (exact) mass is 287 g/mol. The Morgan fingerprint density at radius 2 is 1.65 bits per heavy atom. The molecular weight excluding hydrogens is 266 g/mol. The second kappa shape index (κ2) is 5.88. The van der Waals surface area contributed by atoms with Crippen molar-refractivity contribution < 1.29 is 0 Å². The van der Waals surface area contributed by atoms with Crippen LogP contribution in [0.5, 0.6) is 0 Å². The second-order valence-corrected chi connectivity index (χ2v) is 6.68. The van der Waals surface area contributed by atoms with Gasteiger partial charge in [-0.05, 0) is 41.7 Å². The third-order valence-corrected chi connectivity index (χ3v) is 3.72. The standard InChI is InChI=1S/C18H22ClN/c1-13(20-17-7-5-6-16(19)12-17)14-8-10-15(11-9-14)18(2,3)4/h5-13,20H,1-4H3. The topological polar surface area (TPSA) is 12.0 Å². The molecule has 20 heavy (non-hydrogen) atoms. The van der Waals surface area contributed by atoms with Crippen LogP contribution in [0.25, 0.3) is 0 Å². The molecule has 0 saturated heterocycles. The van der Waals surface area contributed by atoms with Crippen LogP contribution in [0.2, 0.25) is 5.02 Å². The number of rotatable bonds is 3. The van der Waals surface area contributed by atoms with E-state index in [4.69, 9.17) is 11.6 Å². The summed E-state index contributed by atoms with van der Waals surface area (Å²) in [6, 6.07) is 16.9. The summed E-state index contributed by atoms with van der Waals surface area (Å²) in [7, 11) is 0. The molecule has 2 aromatic rings. The molecule has 1 atom stereocenters. The molecule has 0 aliphatic carbocycles. The Hall–Kier alpha value is -1.47. The van der Waals surface area contributed by atoms with Crippen LogP contribution in [0, 0.1) is 0 Å². The number of anilines is 1. The fourth-order valence-electron chi connectivity index (χ4n) is 2.18. The lowest BCUT2D eigenvalue weighted by Gasteiger charge is -2.21. The fourth-order valence-corrected chi connectivity index (χ4v) is 2.37. The average molecular weight is 288 g/mol. The summed E-state index contributed by atoms with van der Waals surface area (Å²) >= 11 is 6.01. The number of hydrogen-bond donors (Lipinski definition) is 1. The molecule has 2 rings (SSSR count). The normalized spacial score (nSPS) is 13.1. The summed E-state index contributed by atoms with van der Waals surface area (Å²) in [5, 5.41) is 4.23. The molecule has 0 aliphatic heterocycles. The molecule has 1 unspecified atom stereocenters. The number of benzene rings is 2. The maximum Gasteiger partial charge on any atom is 0.0485 e. The summed E-state index contributed by atoms with van der Waals surface area (Å²) in [6.45, 7) is 8.86. The van der Waals surface area contributed by atoms with Crippen LogP contribution < -0.4 is 5.32 Å². The number of nitrogens with one attached hydrogen (secondary N) is 1. The van der Waals surface area contributed by atoms with E-state index in [2.05, 4.69) is 57.3 Å². The van der Waals surface area contributed by atoms with Crippen molar-refractivity contribution in [1.29, 1.82) is 0 Å². The van der Waals surface area contributed by atoms with E-state index in [0.717, 1.165) is 10.7 Å². The molecule has 0 spiro atoms. The van der Waals surface area contributed by atoms with Gasteiger partial charge in [0.1, 0.15) is 0 Å². The van der Waals surface area contributed by atoms with Gasteiger partial charge in [-0.15, -0.1) is 0 Å². The molecule has 1 nitrogen and oxygen atoms in total. The summed E-state index contributed by atoms with van der Waals surface area (Å²) in [4.78, 5) is 0. The van der Waals surface area contributed by atoms with Gasteiger partial charge in [-0.2, -0.15) is 0 Å². The second-order valence-electron chi connectivity index (χ2n) is 6.25. The quantitative estimate of drug-likeness (QED) is 0.751. The van der Waals surface area contributed by atoms with E-state index in [0.29, 0.717) is 0 Å². The minimum Gasteiger partial charge on any atom is -0.378 e. The zero-order valence-electron chi connectivity index (χ0n) is 12.6. The maximum absolute atomic E-state index is 6.01. The van der Waals surface area contributed by atoms with Gasteiger partial charge in [-0.3, -0.25) is 0 Å². The lowest BCUT2D eigenvalue weighted by molar-refractivity contribution is 0.589. The van der Waals surface area contributed by atoms with Crippen molar-refractivity contribution in [1.82, 2.24) is 0 Å². The Balaban J connectivity index is 2.11. The van der Waals surface area contributed by atoms with Gasteiger partial charge in [0.25, 0.3) is 0 Å². The average Bonchev–Trinajstić information content (AvgIpc) is 2.38. The van der Waals surface area contributed by atoms with Crippen LogP contribution in [0.1, 0.15) is 44.9 Å². The van der Waals surface area contributed by atoms with Crippen molar-refractivity contribution in [2.24, 2.45) is 0 Å². The third-order valence-electron chi connectivity index (χ3n) is 3.48. The van der Waals surface area contributed by atoms with E-state index in [1.54, 1.807) is 0 Å². The molecule has 106 valence electrons. The first-order chi connectivity index (χ1) is 9.36. The minimum absolute atomic E-state index is 0.197. The van der Waals surface area contributed by atoms with Crippen LogP contribution >= 0.6 is 11.6 Å². The zero-order chi connectivity index (χ0) is 14.8. The van der Waals surface area contributed by atoms with Gasteiger partial charge in [-0.1, -0.05) is 62.7 Å². The van der Waals surface area contributed by atoms with E-state index in [1.807, 2.05) is 24.3 Å². The summed E-state index contributed by atoms with van der Waals surface area (Å²) < 4.78 is 0. The molecule has 0 fully saturated rings. The Labute approximate surface area is 127 Å². The summed E-state index contributed by atoms with van der Waals surface area (Å²) in [5.74, 6) is 0. The van der Waals surface area contributed by atoms with E-state index >= 15 is 0 Å². The van der Waals surface area contributed by atoms with Gasteiger partial charge in [0, 0.05) is 16.8 Å². The maximum atomic E-state index is 6.01. The van der Waals surface area contributed by atoms with Crippen molar-refractivity contribution in [3.63, 3.8) is 0 Å². The predicted molar refractivity (Wildman–Crippen MR) is 88.6 cm³/mol. The molecule has 0 aliphatic rings. The Morgan fingerprint density at radius 3 is 2.20 bits per heavy atom. The van der Waals surface area contributed by atoms with E-state index in [9.17, 15) is 0 Å². The van der Waals surface area contributed by atoms with E-state index in [1.165, 1.54) is 11.1 Å². The SMILES string of the molecule is CC(Nc1cccc(Cl)c1)c1ccc(C(C)(C)C)cc1. The first kappa shape index (κ1) is 14.9. The molecule has 1 N–H and O–H groups in total. The molecule has 0 heterocycles. The molecule has 0 amide bonds. The van der Waals surface area contributed by atoms with Crippen molar-refractivity contribution in [3.8, 4) is 0 Å². The third kappa shape index (κ3) is 3.77. The van der Waals surface area contributed by atoms with Crippen LogP contribution in [0.15, 0.2) is 48.5 Å². The fraction of sp³-hybridized carbons (Fsp3) is 0.333. The van der Waals surface area contributed by atoms with Gasteiger partial charge >= 0.3 is 0 Å². The van der Waals surface area contributed by atoms with Crippen molar-refractivity contribution >= 4 is 17.3 Å². The molecule has 0 radical (unpaired) electrons. The van der Waals surface area contributed by atoms with Crippen molar-refractivity contribution in [2.75, 3.05) is 5.32 Å². The first-order valence-corrected chi connectivity index (χ1v) is 7.36. The highest BCUT2D eigenvalue weighted by Gasteiger charge is 2.14. The van der Waals surface area contributed by atoms with Crippen LogP contribution in [-0.2, 0) is 5.41 Å². The lowest BCUT2D eigenvalue weighted by Crippen LogP contribution is -2.12. The van der Waals surface area contributed by atoms with Gasteiger partial charge < -0.3 is 5.32 Å². The Morgan fingerprint density at radius 1 is 1.00 bits per heavy atom. The van der Waals surface area contributed by atoms with Gasteiger partial charge in [0.05, 0.1) is 0 Å². The first-order valence-electron chi connectivity index (χ1n) is 6.99. The van der Waals surface area contributed by atoms with Crippen LogP contribution in [-0.4, -0.2) is 0 Å². The predicted octanol–water partition coefficient (Wildman–Crippen LogP) is 5.81. The van der Waals surface area contributed by atoms with Crippen molar-refractivity contribution in [3.05, 3.63) is 64.7 Å².